The van der Waals surface area contributed by atoms with Gasteiger partial charge in [-0.2, -0.15) is 0 Å². The normalized spacial score (nSPS) is 22.6. The lowest BCUT2D eigenvalue weighted by Gasteiger charge is -2.42. The number of pyridine rings is 1. The van der Waals surface area contributed by atoms with Gasteiger partial charge >= 0.3 is 0 Å². The Morgan fingerprint density at radius 1 is 1.33 bits per heavy atom. The number of nitrogens with one attached hydrogen (secondary N) is 1. The summed E-state index contributed by atoms with van der Waals surface area (Å²) in [6, 6.07) is 5.62. The van der Waals surface area contributed by atoms with Crippen molar-refractivity contribution in [2.75, 3.05) is 13.1 Å². The summed E-state index contributed by atoms with van der Waals surface area (Å²) in [6.07, 6.45) is 8.56. The summed E-state index contributed by atoms with van der Waals surface area (Å²) >= 11 is 0. The Balaban J connectivity index is 1.52. The van der Waals surface area contributed by atoms with Gasteiger partial charge in [-0.15, -0.1) is 0 Å². The molecule has 4 heterocycles. The number of nitrogens with zero attached hydrogens (tertiary/aromatic N) is 2. The molecular formula is C18H19N3O3. The molecule has 2 saturated heterocycles. The van der Waals surface area contributed by atoms with Crippen LogP contribution in [-0.2, 0) is 4.79 Å². The van der Waals surface area contributed by atoms with Gasteiger partial charge in [-0.3, -0.25) is 14.6 Å². The van der Waals surface area contributed by atoms with Crippen molar-refractivity contribution in [2.24, 2.45) is 0 Å². The molecule has 6 nitrogen and oxygen atoms in total. The number of rotatable bonds is 2. The highest BCUT2D eigenvalue weighted by molar-refractivity contribution is 5.94. The number of carbonyl (C=O) groups is 2. The third-order valence-corrected chi connectivity index (χ3v) is 5.24. The maximum Gasteiger partial charge on any atom is 0.257 e. The third kappa shape index (κ3) is 2.48. The van der Waals surface area contributed by atoms with Crippen LogP contribution in [0.5, 0.6) is 0 Å². The Labute approximate surface area is 139 Å². The monoisotopic (exact) mass is 325 g/mol. The Morgan fingerprint density at radius 2 is 2.17 bits per heavy atom. The second-order valence-corrected chi connectivity index (χ2v) is 6.55. The van der Waals surface area contributed by atoms with Crippen molar-refractivity contribution in [3.63, 3.8) is 0 Å². The molecule has 4 rings (SSSR count). The van der Waals surface area contributed by atoms with Crippen LogP contribution in [0, 0.1) is 0 Å². The van der Waals surface area contributed by atoms with Crippen molar-refractivity contribution in [3.8, 4) is 0 Å². The summed E-state index contributed by atoms with van der Waals surface area (Å²) in [6.45, 7) is 1.25. The van der Waals surface area contributed by atoms with Crippen LogP contribution in [-0.4, -0.2) is 40.3 Å². The minimum absolute atomic E-state index is 0.0131. The fourth-order valence-corrected chi connectivity index (χ4v) is 3.97. The minimum Gasteiger partial charge on any atom is -0.472 e. The van der Waals surface area contributed by atoms with Crippen LogP contribution in [0.15, 0.2) is 47.5 Å². The van der Waals surface area contributed by atoms with Crippen LogP contribution in [0.2, 0.25) is 0 Å². The van der Waals surface area contributed by atoms with Crippen molar-refractivity contribution >= 4 is 11.8 Å². The van der Waals surface area contributed by atoms with E-state index in [0.717, 1.165) is 18.4 Å². The third-order valence-electron chi connectivity index (χ3n) is 5.24. The fraction of sp³-hybridized carbons (Fsp3) is 0.389. The van der Waals surface area contributed by atoms with Crippen LogP contribution < -0.4 is 5.32 Å². The maximum absolute atomic E-state index is 12.4. The van der Waals surface area contributed by atoms with E-state index in [1.807, 2.05) is 23.2 Å². The predicted molar refractivity (Wildman–Crippen MR) is 86.3 cm³/mol. The molecule has 0 unspecified atom stereocenters. The Hall–Kier alpha value is -2.63. The number of furan rings is 1. The highest BCUT2D eigenvalue weighted by Gasteiger charge is 2.49. The molecule has 2 aliphatic heterocycles. The highest BCUT2D eigenvalue weighted by atomic mass is 16.3. The molecule has 1 N–H and O–H groups in total. The molecule has 24 heavy (non-hydrogen) atoms. The molecule has 124 valence electrons. The number of piperidine rings is 1. The average Bonchev–Trinajstić information content (AvgIpc) is 3.24. The predicted octanol–water partition coefficient (Wildman–Crippen LogP) is 1.95. The lowest BCUT2D eigenvalue weighted by Crippen LogP contribution is -2.54. The second-order valence-electron chi connectivity index (χ2n) is 6.55. The molecule has 2 aromatic rings. The van der Waals surface area contributed by atoms with Gasteiger partial charge in [0.05, 0.1) is 17.4 Å². The molecule has 0 radical (unpaired) electrons. The standard InChI is InChI=1S/C18H19N3O3/c22-16-10-15(13-2-1-6-19-11-13)18(20-16)4-7-21(8-5-18)17(23)14-3-9-24-12-14/h1-3,6,9,11-12,15H,4-5,7-8,10H2,(H,20,22)/t15-/m1/s1. The zero-order chi connectivity index (χ0) is 16.6. The van der Waals surface area contributed by atoms with Crippen LogP contribution in [0.25, 0.3) is 0 Å². The SMILES string of the molecule is O=C1C[C@H](c2cccnc2)C2(CCN(C(=O)c3ccoc3)CC2)N1. The second kappa shape index (κ2) is 5.78. The Morgan fingerprint density at radius 3 is 2.83 bits per heavy atom. The first kappa shape index (κ1) is 14.9. The van der Waals surface area contributed by atoms with E-state index in [1.165, 1.54) is 12.5 Å². The van der Waals surface area contributed by atoms with Gasteiger partial charge in [-0.1, -0.05) is 6.07 Å². The molecular weight excluding hydrogens is 306 g/mol. The largest absolute Gasteiger partial charge is 0.472 e. The lowest BCUT2D eigenvalue weighted by molar-refractivity contribution is -0.120. The van der Waals surface area contributed by atoms with Gasteiger partial charge in [0.15, 0.2) is 0 Å². The Kier molecular flexibility index (Phi) is 3.59. The van der Waals surface area contributed by atoms with Crippen molar-refractivity contribution < 1.29 is 14.0 Å². The van der Waals surface area contributed by atoms with Gasteiger partial charge in [0.25, 0.3) is 5.91 Å². The van der Waals surface area contributed by atoms with Crippen molar-refractivity contribution in [1.82, 2.24) is 15.2 Å². The first-order valence-corrected chi connectivity index (χ1v) is 8.20. The van der Waals surface area contributed by atoms with E-state index >= 15 is 0 Å². The number of hydrogen-bond donors (Lipinski definition) is 1. The van der Waals surface area contributed by atoms with E-state index in [2.05, 4.69) is 10.3 Å². The van der Waals surface area contributed by atoms with E-state index in [0.29, 0.717) is 25.1 Å². The van der Waals surface area contributed by atoms with Crippen LogP contribution >= 0.6 is 0 Å². The number of aromatic nitrogens is 1. The molecule has 2 aliphatic rings. The van der Waals surface area contributed by atoms with Crippen LogP contribution in [0.4, 0.5) is 0 Å². The summed E-state index contributed by atoms with van der Waals surface area (Å²) in [7, 11) is 0. The molecule has 1 atom stereocenters. The van der Waals surface area contributed by atoms with Crippen LogP contribution in [0.1, 0.15) is 41.1 Å². The summed E-state index contributed by atoms with van der Waals surface area (Å²) in [5, 5.41) is 3.19. The van der Waals surface area contributed by atoms with Crippen molar-refractivity contribution in [3.05, 3.63) is 54.2 Å². The zero-order valence-electron chi connectivity index (χ0n) is 13.3. The van der Waals surface area contributed by atoms with E-state index in [-0.39, 0.29) is 23.3 Å². The van der Waals surface area contributed by atoms with Crippen LogP contribution in [0.3, 0.4) is 0 Å². The van der Waals surface area contributed by atoms with Gasteiger partial charge in [-0.05, 0) is 30.5 Å². The number of hydrogen-bond acceptors (Lipinski definition) is 4. The van der Waals surface area contributed by atoms with Gasteiger partial charge in [0, 0.05) is 37.8 Å². The quantitative estimate of drug-likeness (QED) is 0.916. The summed E-state index contributed by atoms with van der Waals surface area (Å²) in [5.74, 6) is 0.184. The first-order valence-electron chi connectivity index (χ1n) is 8.20. The topological polar surface area (TPSA) is 75.4 Å². The van der Waals surface area contributed by atoms with Gasteiger partial charge in [-0.25, -0.2) is 0 Å². The van der Waals surface area contributed by atoms with E-state index < -0.39 is 0 Å². The molecule has 1 spiro atoms. The average molecular weight is 325 g/mol. The summed E-state index contributed by atoms with van der Waals surface area (Å²) < 4.78 is 5.00. The molecule has 2 fully saturated rings. The molecule has 2 amide bonds. The van der Waals surface area contributed by atoms with Crippen molar-refractivity contribution in [1.29, 1.82) is 0 Å². The lowest BCUT2D eigenvalue weighted by atomic mass is 9.74. The summed E-state index contributed by atoms with van der Waals surface area (Å²) in [5.41, 5.74) is 1.39. The smallest absolute Gasteiger partial charge is 0.257 e. The molecule has 0 aliphatic carbocycles. The highest BCUT2D eigenvalue weighted by Crippen LogP contribution is 2.43. The zero-order valence-corrected chi connectivity index (χ0v) is 13.3. The number of likely N-dealkylation sites (tertiary alicyclic amines) is 1. The van der Waals surface area contributed by atoms with Gasteiger partial charge in [0.1, 0.15) is 6.26 Å². The minimum atomic E-state index is -0.271. The van der Waals surface area contributed by atoms with E-state index in [4.69, 9.17) is 4.42 Å². The summed E-state index contributed by atoms with van der Waals surface area (Å²) in [4.78, 5) is 30.6. The van der Waals surface area contributed by atoms with Gasteiger partial charge in [0.2, 0.25) is 5.91 Å². The number of amides is 2. The van der Waals surface area contributed by atoms with Gasteiger partial charge < -0.3 is 14.6 Å². The van der Waals surface area contributed by atoms with Crippen molar-refractivity contribution in [2.45, 2.75) is 30.7 Å². The molecule has 0 bridgehead atoms. The fourth-order valence-electron chi connectivity index (χ4n) is 3.97. The van der Waals surface area contributed by atoms with E-state index in [1.54, 1.807) is 12.3 Å². The molecule has 6 heteroatoms. The number of carbonyl (C=O) groups excluding carboxylic acids is 2. The maximum atomic E-state index is 12.4. The molecule has 2 aromatic heterocycles. The molecule has 0 saturated carbocycles. The molecule has 0 aromatic carbocycles. The van der Waals surface area contributed by atoms with E-state index in [9.17, 15) is 9.59 Å². The first-order chi connectivity index (χ1) is 11.7. The Bertz CT molecular complexity index is 734.